The minimum absolute atomic E-state index is 0.0871. The Balaban J connectivity index is 3.21. The summed E-state index contributed by atoms with van der Waals surface area (Å²) in [7, 11) is 1.48. The van der Waals surface area contributed by atoms with E-state index < -0.39 is 0 Å². The lowest BCUT2D eigenvalue weighted by Gasteiger charge is -2.13. The van der Waals surface area contributed by atoms with Crippen LogP contribution < -0.4 is 9.47 Å². The van der Waals surface area contributed by atoms with Gasteiger partial charge in [0.1, 0.15) is 6.61 Å². The van der Waals surface area contributed by atoms with Crippen molar-refractivity contribution in [2.24, 2.45) is 0 Å². The van der Waals surface area contributed by atoms with Gasteiger partial charge in [-0.05, 0) is 18.6 Å². The van der Waals surface area contributed by atoms with Gasteiger partial charge in [-0.3, -0.25) is 4.79 Å². The molecule has 0 aliphatic carbocycles. The number of aliphatic hydroxyl groups is 1. The van der Waals surface area contributed by atoms with Crippen LogP contribution in [0.2, 0.25) is 0 Å². The molecule has 1 aromatic carbocycles. The number of carbonyl (C=O) groups is 1. The molecule has 4 nitrogen and oxygen atoms in total. The van der Waals surface area contributed by atoms with E-state index in [9.17, 15) is 4.79 Å². The van der Waals surface area contributed by atoms with Crippen molar-refractivity contribution < 1.29 is 19.4 Å². The molecule has 0 amide bonds. The normalized spacial score (nSPS) is 10.5. The summed E-state index contributed by atoms with van der Waals surface area (Å²) in [6.45, 7) is 1.95. The second-order valence-corrected chi connectivity index (χ2v) is 3.29. The Bertz CT molecular complexity index is 410. The third-order valence-electron chi connectivity index (χ3n) is 2.21. The Morgan fingerprint density at radius 3 is 2.71 bits per heavy atom. The summed E-state index contributed by atoms with van der Waals surface area (Å²) in [5.41, 5.74) is 1.22. The third kappa shape index (κ3) is 3.07. The van der Waals surface area contributed by atoms with Crippen LogP contribution >= 0.6 is 0 Å². The standard InChI is InChI=1S/C13H16O4/c1-3-4-10-5-6-12(17-8-7-14)13(16-2)11(10)9-15/h3-6,9,14H,7-8H2,1-2H3. The van der Waals surface area contributed by atoms with Crippen LogP contribution in [-0.4, -0.2) is 31.7 Å². The molecular formula is C13H16O4. The number of carbonyl (C=O) groups excluding carboxylic acids is 1. The van der Waals surface area contributed by atoms with Crippen molar-refractivity contribution in [3.63, 3.8) is 0 Å². The van der Waals surface area contributed by atoms with Gasteiger partial charge in [0.2, 0.25) is 0 Å². The van der Waals surface area contributed by atoms with Crippen LogP contribution in [0, 0.1) is 0 Å². The van der Waals surface area contributed by atoms with Crippen LogP contribution in [0.15, 0.2) is 18.2 Å². The summed E-state index contributed by atoms with van der Waals surface area (Å²) in [5, 5.41) is 8.71. The molecule has 0 aliphatic rings. The highest BCUT2D eigenvalue weighted by molar-refractivity contribution is 5.87. The Kier molecular flexibility index (Phi) is 5.23. The van der Waals surface area contributed by atoms with Crippen molar-refractivity contribution in [2.75, 3.05) is 20.3 Å². The SMILES string of the molecule is CC=Cc1ccc(OCCO)c(OC)c1C=O. The van der Waals surface area contributed by atoms with Gasteiger partial charge in [0.25, 0.3) is 0 Å². The molecule has 17 heavy (non-hydrogen) atoms. The number of aliphatic hydroxyl groups excluding tert-OH is 1. The fourth-order valence-corrected chi connectivity index (χ4v) is 1.52. The largest absolute Gasteiger partial charge is 0.492 e. The zero-order valence-corrected chi connectivity index (χ0v) is 9.97. The predicted molar refractivity (Wildman–Crippen MR) is 65.7 cm³/mol. The Hall–Kier alpha value is -1.81. The smallest absolute Gasteiger partial charge is 0.171 e. The second kappa shape index (κ2) is 6.70. The first-order chi connectivity index (χ1) is 8.28. The van der Waals surface area contributed by atoms with Crippen LogP contribution in [0.4, 0.5) is 0 Å². The first-order valence-corrected chi connectivity index (χ1v) is 5.31. The third-order valence-corrected chi connectivity index (χ3v) is 2.21. The zero-order chi connectivity index (χ0) is 12.7. The molecule has 0 heterocycles. The molecule has 92 valence electrons. The summed E-state index contributed by atoms with van der Waals surface area (Å²) in [5.74, 6) is 0.848. The minimum atomic E-state index is -0.0871. The molecule has 0 unspecified atom stereocenters. The fraction of sp³-hybridized carbons (Fsp3) is 0.308. The van der Waals surface area contributed by atoms with Gasteiger partial charge >= 0.3 is 0 Å². The quantitative estimate of drug-likeness (QED) is 0.766. The first-order valence-electron chi connectivity index (χ1n) is 5.31. The van der Waals surface area contributed by atoms with Crippen LogP contribution in [0.5, 0.6) is 11.5 Å². The monoisotopic (exact) mass is 236 g/mol. The molecule has 0 aromatic heterocycles. The summed E-state index contributed by atoms with van der Waals surface area (Å²) in [6.07, 6.45) is 4.40. The lowest BCUT2D eigenvalue weighted by atomic mass is 10.1. The molecule has 1 N–H and O–H groups in total. The van der Waals surface area contributed by atoms with E-state index >= 15 is 0 Å². The highest BCUT2D eigenvalue weighted by atomic mass is 16.5. The highest BCUT2D eigenvalue weighted by Crippen LogP contribution is 2.33. The van der Waals surface area contributed by atoms with Gasteiger partial charge in [0.15, 0.2) is 17.8 Å². The van der Waals surface area contributed by atoms with E-state index in [1.54, 1.807) is 12.1 Å². The molecular weight excluding hydrogens is 220 g/mol. The zero-order valence-electron chi connectivity index (χ0n) is 9.97. The van der Waals surface area contributed by atoms with Gasteiger partial charge in [-0.2, -0.15) is 0 Å². The molecule has 0 fully saturated rings. The maximum atomic E-state index is 11.1. The summed E-state index contributed by atoms with van der Waals surface area (Å²) in [4.78, 5) is 11.1. The molecule has 1 aromatic rings. The van der Waals surface area contributed by atoms with Gasteiger partial charge in [-0.15, -0.1) is 0 Å². The van der Waals surface area contributed by atoms with Crippen LogP contribution in [0.25, 0.3) is 6.08 Å². The molecule has 0 atom stereocenters. The van der Waals surface area contributed by atoms with E-state index in [4.69, 9.17) is 14.6 Å². The van der Waals surface area contributed by atoms with Crippen molar-refractivity contribution in [3.05, 3.63) is 29.3 Å². The van der Waals surface area contributed by atoms with Crippen LogP contribution in [0.1, 0.15) is 22.8 Å². The number of hydrogen-bond acceptors (Lipinski definition) is 4. The fourth-order valence-electron chi connectivity index (χ4n) is 1.52. The number of rotatable bonds is 6. The van der Waals surface area contributed by atoms with Gasteiger partial charge in [0, 0.05) is 0 Å². The summed E-state index contributed by atoms with van der Waals surface area (Å²) in [6, 6.07) is 3.50. The van der Waals surface area contributed by atoms with Crippen molar-refractivity contribution in [3.8, 4) is 11.5 Å². The molecule has 0 spiro atoms. The maximum absolute atomic E-state index is 11.1. The van der Waals surface area contributed by atoms with Gasteiger partial charge < -0.3 is 14.6 Å². The highest BCUT2D eigenvalue weighted by Gasteiger charge is 2.13. The van der Waals surface area contributed by atoms with Crippen molar-refractivity contribution in [1.29, 1.82) is 0 Å². The topological polar surface area (TPSA) is 55.8 Å². The van der Waals surface area contributed by atoms with Gasteiger partial charge in [0.05, 0.1) is 19.3 Å². The van der Waals surface area contributed by atoms with E-state index in [1.165, 1.54) is 7.11 Å². The summed E-state index contributed by atoms with van der Waals surface area (Å²) < 4.78 is 10.5. The van der Waals surface area contributed by atoms with E-state index in [0.29, 0.717) is 17.1 Å². The van der Waals surface area contributed by atoms with Crippen molar-refractivity contribution >= 4 is 12.4 Å². The maximum Gasteiger partial charge on any atom is 0.171 e. The van der Waals surface area contributed by atoms with Crippen LogP contribution in [-0.2, 0) is 0 Å². The van der Waals surface area contributed by atoms with E-state index in [-0.39, 0.29) is 13.2 Å². The summed E-state index contributed by atoms with van der Waals surface area (Å²) >= 11 is 0. The number of ether oxygens (including phenoxy) is 2. The molecule has 4 heteroatoms. The molecule has 1 rings (SSSR count). The van der Waals surface area contributed by atoms with E-state index in [0.717, 1.165) is 11.8 Å². The number of methoxy groups -OCH3 is 1. The number of aldehydes is 1. The average molecular weight is 236 g/mol. The van der Waals surface area contributed by atoms with Gasteiger partial charge in [-0.25, -0.2) is 0 Å². The number of benzene rings is 1. The average Bonchev–Trinajstić information content (AvgIpc) is 2.36. The lowest BCUT2D eigenvalue weighted by Crippen LogP contribution is -2.05. The van der Waals surface area contributed by atoms with Crippen molar-refractivity contribution in [2.45, 2.75) is 6.92 Å². The van der Waals surface area contributed by atoms with E-state index in [1.807, 2.05) is 19.1 Å². The minimum Gasteiger partial charge on any atom is -0.492 e. The second-order valence-electron chi connectivity index (χ2n) is 3.29. The lowest BCUT2D eigenvalue weighted by molar-refractivity contribution is 0.111. The van der Waals surface area contributed by atoms with E-state index in [2.05, 4.69) is 0 Å². The molecule has 0 saturated heterocycles. The Morgan fingerprint density at radius 1 is 1.41 bits per heavy atom. The molecule has 0 saturated carbocycles. The number of hydrogen-bond donors (Lipinski definition) is 1. The Morgan fingerprint density at radius 2 is 2.18 bits per heavy atom. The molecule has 0 radical (unpaired) electrons. The van der Waals surface area contributed by atoms with Crippen molar-refractivity contribution in [1.82, 2.24) is 0 Å². The molecule has 0 bridgehead atoms. The first kappa shape index (κ1) is 13.3. The molecule has 0 aliphatic heterocycles. The van der Waals surface area contributed by atoms with Gasteiger partial charge in [-0.1, -0.05) is 18.2 Å². The predicted octanol–water partition coefficient (Wildman–Crippen LogP) is 1.91. The number of allylic oxidation sites excluding steroid dienone is 1. The Labute approximate surface area is 100 Å². The van der Waals surface area contributed by atoms with Crippen LogP contribution in [0.3, 0.4) is 0 Å².